The first-order valence-electron chi connectivity index (χ1n) is 12.6. The Hall–Kier alpha value is -3.02. The molecule has 0 radical (unpaired) electrons. The number of halogens is 4. The monoisotopic (exact) mass is 522 g/mol. The molecule has 0 spiro atoms. The van der Waals surface area contributed by atoms with Gasteiger partial charge >= 0.3 is 6.18 Å². The summed E-state index contributed by atoms with van der Waals surface area (Å²) in [7, 11) is 0. The molecule has 37 heavy (non-hydrogen) atoms. The van der Waals surface area contributed by atoms with E-state index in [4.69, 9.17) is 0 Å². The minimum Gasteiger partial charge on any atom is -0.326 e. The van der Waals surface area contributed by atoms with Crippen molar-refractivity contribution in [3.05, 3.63) is 46.8 Å². The van der Waals surface area contributed by atoms with Gasteiger partial charge < -0.3 is 4.90 Å². The molecule has 2 N–H and O–H groups in total. The summed E-state index contributed by atoms with van der Waals surface area (Å²) >= 11 is 0. The van der Waals surface area contributed by atoms with Crippen LogP contribution in [0.25, 0.3) is 0 Å². The summed E-state index contributed by atoms with van der Waals surface area (Å²) in [6.45, 7) is 4.62. The Morgan fingerprint density at radius 2 is 1.92 bits per heavy atom. The second-order valence-electron chi connectivity index (χ2n) is 10.9. The lowest BCUT2D eigenvalue weighted by atomic mass is 9.72. The first kappa shape index (κ1) is 25.6. The number of hydrogen-bond acceptors (Lipinski definition) is 5. The van der Waals surface area contributed by atoms with E-state index in [1.807, 2.05) is 0 Å². The minimum atomic E-state index is -4.70. The molecule has 3 heterocycles. The third kappa shape index (κ3) is 4.49. The number of aromatic nitrogens is 3. The predicted molar refractivity (Wildman–Crippen MR) is 124 cm³/mol. The van der Waals surface area contributed by atoms with Crippen molar-refractivity contribution in [2.24, 2.45) is 11.8 Å². The highest BCUT2D eigenvalue weighted by molar-refractivity contribution is 5.95. The van der Waals surface area contributed by atoms with Gasteiger partial charge in [0.1, 0.15) is 5.82 Å². The zero-order valence-corrected chi connectivity index (χ0v) is 20.9. The maximum Gasteiger partial charge on any atom is 0.451 e. The summed E-state index contributed by atoms with van der Waals surface area (Å²) in [6, 6.07) is 3.48. The summed E-state index contributed by atoms with van der Waals surface area (Å²) in [5, 5.41) is 7.11. The number of hydrazine groups is 1. The number of carbonyl (C=O) groups excluding carboxylic acids is 2. The molecule has 12 heteroatoms. The van der Waals surface area contributed by atoms with Crippen molar-refractivity contribution in [1.29, 1.82) is 0 Å². The van der Waals surface area contributed by atoms with Crippen LogP contribution >= 0.6 is 0 Å². The largest absolute Gasteiger partial charge is 0.451 e. The number of benzene rings is 1. The lowest BCUT2D eigenvalue weighted by molar-refractivity contribution is -0.150. The molecule has 2 amide bonds. The average Bonchev–Trinajstić information content (AvgIpc) is 3.32. The van der Waals surface area contributed by atoms with E-state index in [-0.39, 0.29) is 41.7 Å². The van der Waals surface area contributed by atoms with Crippen LogP contribution in [0, 0.1) is 17.7 Å². The second-order valence-corrected chi connectivity index (χ2v) is 10.9. The molecular formula is C25H30F4N6O2. The molecule has 1 aromatic carbocycles. The first-order valence-corrected chi connectivity index (χ1v) is 12.6. The number of nitrogens with zero attached hydrogens (tertiary/aromatic N) is 4. The molecule has 3 aliphatic rings. The van der Waals surface area contributed by atoms with E-state index in [9.17, 15) is 27.2 Å². The number of carbonyl (C=O) groups is 2. The van der Waals surface area contributed by atoms with E-state index < -0.39 is 35.3 Å². The zero-order chi connectivity index (χ0) is 26.7. The fourth-order valence-electron chi connectivity index (χ4n) is 6.16. The second kappa shape index (κ2) is 9.07. The lowest BCUT2D eigenvalue weighted by Crippen LogP contribution is -2.60. The lowest BCUT2D eigenvalue weighted by Gasteiger charge is -2.43. The van der Waals surface area contributed by atoms with E-state index in [0.717, 1.165) is 35.8 Å². The molecule has 4 unspecified atom stereocenters. The summed E-state index contributed by atoms with van der Waals surface area (Å²) in [4.78, 5) is 27.2. The van der Waals surface area contributed by atoms with Crippen molar-refractivity contribution in [3.63, 3.8) is 0 Å². The quantitative estimate of drug-likeness (QED) is 0.600. The molecule has 2 aliphatic heterocycles. The van der Waals surface area contributed by atoms with Crippen molar-refractivity contribution in [1.82, 2.24) is 30.5 Å². The smallest absolute Gasteiger partial charge is 0.326 e. The maximum absolute atomic E-state index is 14.9. The first-order chi connectivity index (χ1) is 17.4. The molecule has 2 aromatic rings. The van der Waals surface area contributed by atoms with Gasteiger partial charge in [-0.3, -0.25) is 19.6 Å². The van der Waals surface area contributed by atoms with Crippen molar-refractivity contribution < 1.29 is 27.2 Å². The fraction of sp³-hybridized carbons (Fsp3) is 0.600. The van der Waals surface area contributed by atoms with E-state index in [1.165, 1.54) is 17.0 Å². The highest BCUT2D eigenvalue weighted by Crippen LogP contribution is 2.40. The molecule has 200 valence electrons. The van der Waals surface area contributed by atoms with Gasteiger partial charge in [0.15, 0.2) is 5.82 Å². The van der Waals surface area contributed by atoms with Crippen LogP contribution in [0.15, 0.2) is 18.2 Å². The molecule has 1 saturated carbocycles. The molecule has 8 nitrogen and oxygen atoms in total. The average molecular weight is 523 g/mol. The van der Waals surface area contributed by atoms with Gasteiger partial charge in [-0.25, -0.2) is 9.82 Å². The van der Waals surface area contributed by atoms with Crippen molar-refractivity contribution in [2.75, 3.05) is 6.54 Å². The fourth-order valence-corrected chi connectivity index (χ4v) is 6.16. The van der Waals surface area contributed by atoms with E-state index >= 15 is 0 Å². The molecule has 1 aromatic heterocycles. The number of rotatable bonds is 3. The van der Waals surface area contributed by atoms with Gasteiger partial charge in [0, 0.05) is 18.5 Å². The Balaban J connectivity index is 1.41. The Kier molecular flexibility index (Phi) is 6.28. The van der Waals surface area contributed by atoms with Crippen LogP contribution in [-0.2, 0) is 22.9 Å². The molecule has 1 saturated heterocycles. The van der Waals surface area contributed by atoms with Gasteiger partial charge in [0.25, 0.3) is 5.91 Å². The summed E-state index contributed by atoms with van der Waals surface area (Å²) in [5.74, 6) is -2.35. The molecular weight excluding hydrogens is 492 g/mol. The van der Waals surface area contributed by atoms with Gasteiger partial charge in [-0.2, -0.15) is 13.2 Å². The van der Waals surface area contributed by atoms with Crippen LogP contribution in [-0.4, -0.2) is 44.1 Å². The van der Waals surface area contributed by atoms with Crippen LogP contribution in [0.2, 0.25) is 0 Å². The number of nitrogens with one attached hydrogen (secondary N) is 2. The molecule has 0 bridgehead atoms. The number of fused-ring (bicyclic) bond motifs is 2. The van der Waals surface area contributed by atoms with Gasteiger partial charge in [-0.05, 0) is 63.6 Å². The van der Waals surface area contributed by atoms with Crippen LogP contribution in [0.4, 0.5) is 17.6 Å². The maximum atomic E-state index is 14.9. The molecule has 4 atom stereocenters. The summed E-state index contributed by atoms with van der Waals surface area (Å²) < 4.78 is 56.6. The van der Waals surface area contributed by atoms with Gasteiger partial charge in [0.05, 0.1) is 17.1 Å². The number of hydrogen-bond donors (Lipinski definition) is 2. The molecule has 1 aliphatic carbocycles. The minimum absolute atomic E-state index is 0.000783. The Labute approximate surface area is 211 Å². The van der Waals surface area contributed by atoms with E-state index in [1.54, 1.807) is 26.8 Å². The zero-order valence-electron chi connectivity index (χ0n) is 20.9. The highest BCUT2D eigenvalue weighted by Gasteiger charge is 2.48. The van der Waals surface area contributed by atoms with Gasteiger partial charge in [-0.15, -0.1) is 10.2 Å². The molecule has 5 rings (SSSR count). The number of alkyl halides is 3. The predicted octanol–water partition coefficient (Wildman–Crippen LogP) is 3.74. The third-order valence-electron chi connectivity index (χ3n) is 7.98. The topological polar surface area (TPSA) is 92.2 Å². The molecule has 2 fully saturated rings. The standard InChI is InChI=1S/C25H30F4N6O2/c1-13-20-31-33-23(25(27,28)29)35(20)24(2,3)12-34(13)22(37)17-10-14(8-9-18(17)26)11-19-15-6-4-5-7-16(15)21(36)32-30-19/h8-10,13,15-16,19,30H,4-7,11-12H2,1-3H3,(H,32,36). The van der Waals surface area contributed by atoms with Crippen LogP contribution < -0.4 is 10.9 Å². The Morgan fingerprint density at radius 3 is 2.65 bits per heavy atom. The van der Waals surface area contributed by atoms with Gasteiger partial charge in [0.2, 0.25) is 11.7 Å². The highest BCUT2D eigenvalue weighted by atomic mass is 19.4. The SMILES string of the molecule is CC1c2nnc(C(F)(F)F)n2C(C)(C)CN1C(=O)c1cc(CC2NNC(=O)C3CCCCC23)ccc1F. The summed E-state index contributed by atoms with van der Waals surface area (Å²) in [6.07, 6.45) is -0.387. The van der Waals surface area contributed by atoms with Crippen LogP contribution in [0.3, 0.4) is 0 Å². The Morgan fingerprint density at radius 1 is 1.19 bits per heavy atom. The third-order valence-corrected chi connectivity index (χ3v) is 7.98. The Bertz CT molecular complexity index is 1230. The van der Waals surface area contributed by atoms with Gasteiger partial charge in [-0.1, -0.05) is 18.9 Å². The van der Waals surface area contributed by atoms with Crippen LogP contribution in [0.1, 0.15) is 80.1 Å². The van der Waals surface area contributed by atoms with Crippen molar-refractivity contribution >= 4 is 11.8 Å². The van der Waals surface area contributed by atoms with E-state index in [0.29, 0.717) is 6.42 Å². The van der Waals surface area contributed by atoms with Crippen LogP contribution in [0.5, 0.6) is 0 Å². The number of amides is 2. The normalized spacial score (nSPS) is 27.3. The van der Waals surface area contributed by atoms with E-state index in [2.05, 4.69) is 21.0 Å². The van der Waals surface area contributed by atoms with Crippen molar-refractivity contribution in [3.8, 4) is 0 Å². The van der Waals surface area contributed by atoms with Crippen molar-refractivity contribution in [2.45, 2.75) is 76.7 Å². The summed E-state index contributed by atoms with van der Waals surface area (Å²) in [5.41, 5.74) is 5.26.